The third-order valence-electron chi connectivity index (χ3n) is 8.24. The zero-order valence-electron chi connectivity index (χ0n) is 29.1. The van der Waals surface area contributed by atoms with Gasteiger partial charge in [0.2, 0.25) is 5.72 Å². The number of methoxy groups -OCH3 is 2. The number of carbonyl (C=O) groups is 2. The van der Waals surface area contributed by atoms with Gasteiger partial charge in [-0.15, -0.1) is 0 Å². The Bertz CT molecular complexity index is 1930. The number of pyridine rings is 1. The summed E-state index contributed by atoms with van der Waals surface area (Å²) in [5, 5.41) is 28.3. The number of amides is 1. The summed E-state index contributed by atoms with van der Waals surface area (Å²) < 4.78 is 29.8. The number of nitrogens with zero attached hydrogens (tertiary/aromatic N) is 1. The van der Waals surface area contributed by atoms with E-state index in [1.807, 2.05) is 36.4 Å². The Morgan fingerprint density at radius 2 is 1.62 bits per heavy atom. The average Bonchev–Trinajstić information content (AvgIpc) is 3.54. The van der Waals surface area contributed by atoms with Gasteiger partial charge in [-0.25, -0.2) is 9.59 Å². The fourth-order valence-corrected chi connectivity index (χ4v) is 6.45. The van der Waals surface area contributed by atoms with Gasteiger partial charge >= 0.3 is 12.1 Å². The van der Waals surface area contributed by atoms with E-state index in [0.717, 1.165) is 11.8 Å². The van der Waals surface area contributed by atoms with E-state index in [-0.39, 0.29) is 28.8 Å². The number of aromatic nitrogens is 1. The van der Waals surface area contributed by atoms with E-state index in [9.17, 15) is 19.9 Å². The Morgan fingerprint density at radius 3 is 2.23 bits per heavy atom. The summed E-state index contributed by atoms with van der Waals surface area (Å²) in [6.45, 7) is 5.12. The molecule has 12 nitrogen and oxygen atoms in total. The highest BCUT2D eigenvalue weighted by Gasteiger charge is 2.48. The third kappa shape index (κ3) is 8.93. The summed E-state index contributed by atoms with van der Waals surface area (Å²) in [5.74, 6) is -0.741. The predicted molar refractivity (Wildman–Crippen MR) is 194 cm³/mol. The summed E-state index contributed by atoms with van der Waals surface area (Å²) in [6, 6.07) is 21.2. The molecule has 1 aromatic heterocycles. The summed E-state index contributed by atoms with van der Waals surface area (Å²) in [4.78, 5) is 25.2. The van der Waals surface area contributed by atoms with Crippen LogP contribution in [0.5, 0.6) is 17.2 Å². The minimum Gasteiger partial charge on any atom is -0.619 e. The molecule has 14 heteroatoms. The van der Waals surface area contributed by atoms with Gasteiger partial charge in [-0.1, -0.05) is 71.7 Å². The summed E-state index contributed by atoms with van der Waals surface area (Å²) in [7, 11) is 3.01. The van der Waals surface area contributed by atoms with Crippen molar-refractivity contribution in [1.82, 2.24) is 10.6 Å². The third-order valence-corrected chi connectivity index (χ3v) is 8.89. The number of alkyl carbamates (subject to hydrolysis) is 1. The monoisotopic (exact) mass is 751 g/mol. The number of aliphatic carboxylic acids is 1. The quantitative estimate of drug-likeness (QED) is 0.0972. The number of rotatable bonds is 13. The Morgan fingerprint density at radius 1 is 0.942 bits per heavy atom. The molecule has 3 atom stereocenters. The minimum absolute atomic E-state index is 0.0705. The molecule has 0 spiro atoms. The molecule has 0 bridgehead atoms. The molecule has 3 N–H and O–H groups in total. The first-order valence-electron chi connectivity index (χ1n) is 16.2. The molecular weight excluding hydrogens is 713 g/mol. The molecule has 0 aliphatic carbocycles. The lowest BCUT2D eigenvalue weighted by Gasteiger charge is -2.38. The van der Waals surface area contributed by atoms with Gasteiger partial charge < -0.3 is 44.6 Å². The first kappa shape index (κ1) is 37.9. The second-order valence-corrected chi connectivity index (χ2v) is 13.8. The van der Waals surface area contributed by atoms with Crippen molar-refractivity contribution in [3.8, 4) is 17.2 Å². The molecule has 0 fully saturated rings. The van der Waals surface area contributed by atoms with E-state index >= 15 is 0 Å². The topological polar surface area (TPSA) is 152 Å². The molecule has 1 unspecified atom stereocenters. The van der Waals surface area contributed by atoms with Crippen LogP contribution in [-0.2, 0) is 20.7 Å². The van der Waals surface area contributed by atoms with Gasteiger partial charge in [-0.2, -0.15) is 4.73 Å². The highest BCUT2D eigenvalue weighted by molar-refractivity contribution is 6.35. The van der Waals surface area contributed by atoms with Crippen molar-refractivity contribution in [2.45, 2.75) is 50.5 Å². The highest BCUT2D eigenvalue weighted by atomic mass is 35.5. The largest absolute Gasteiger partial charge is 0.619 e. The van der Waals surface area contributed by atoms with Gasteiger partial charge in [0, 0.05) is 5.56 Å². The van der Waals surface area contributed by atoms with Gasteiger partial charge in [0.1, 0.15) is 34.3 Å². The Balaban J connectivity index is 1.55. The summed E-state index contributed by atoms with van der Waals surface area (Å²) in [6.07, 6.45) is 2.96. The van der Waals surface area contributed by atoms with Gasteiger partial charge in [-0.3, -0.25) is 0 Å². The average molecular weight is 753 g/mol. The second kappa shape index (κ2) is 15.9. The first-order chi connectivity index (χ1) is 24.7. The van der Waals surface area contributed by atoms with Crippen molar-refractivity contribution < 1.29 is 43.1 Å². The number of carbonyl (C=O) groups excluding carboxylic acids is 1. The maximum absolute atomic E-state index is 12.9. The van der Waals surface area contributed by atoms with Crippen LogP contribution in [0.2, 0.25) is 10.0 Å². The number of carboxylic acid groups (broad SMARTS) is 1. The molecule has 52 heavy (non-hydrogen) atoms. The van der Waals surface area contributed by atoms with E-state index in [1.54, 1.807) is 57.2 Å². The fraction of sp³-hybridized carbons (Fsp3) is 0.289. The van der Waals surface area contributed by atoms with E-state index < -0.39 is 35.3 Å². The predicted octanol–water partition coefficient (Wildman–Crippen LogP) is 6.91. The summed E-state index contributed by atoms with van der Waals surface area (Å²) in [5.41, 5.74) is 0.0600. The Kier molecular flexibility index (Phi) is 11.6. The molecular formula is C38H39Cl2N3O9. The van der Waals surface area contributed by atoms with Gasteiger partial charge in [0.25, 0.3) is 0 Å². The van der Waals surface area contributed by atoms with E-state index in [1.165, 1.54) is 26.6 Å². The zero-order valence-corrected chi connectivity index (χ0v) is 30.7. The van der Waals surface area contributed by atoms with Crippen LogP contribution in [0.15, 0.2) is 97.1 Å². The van der Waals surface area contributed by atoms with Gasteiger partial charge in [0.15, 0.2) is 29.6 Å². The SMILES string of the molecule is COc1ccc([C@H](Cc2c(Cl)c[n+]([O-])cc2Cl)C2(COc3cccc([C@@H](NC(=O)OC(C)(C)C)c4ccccc4)c3)NC(C(=O)O)=CO2)cc1OC. The number of nitrogens with one attached hydrogen (secondary N) is 2. The second-order valence-electron chi connectivity index (χ2n) is 13.0. The lowest BCUT2D eigenvalue weighted by molar-refractivity contribution is -0.605. The highest BCUT2D eigenvalue weighted by Crippen LogP contribution is 2.42. The van der Waals surface area contributed by atoms with Crippen molar-refractivity contribution in [2.24, 2.45) is 0 Å². The van der Waals surface area contributed by atoms with Crippen LogP contribution in [0, 0.1) is 5.21 Å². The van der Waals surface area contributed by atoms with Crippen LogP contribution >= 0.6 is 23.2 Å². The van der Waals surface area contributed by atoms with Crippen LogP contribution in [0.4, 0.5) is 4.79 Å². The van der Waals surface area contributed by atoms with Crippen molar-refractivity contribution in [3.05, 3.63) is 135 Å². The number of halogens is 2. The molecule has 4 aromatic rings. The Hall–Kier alpha value is -5.33. The maximum Gasteiger partial charge on any atom is 0.408 e. The molecule has 0 saturated carbocycles. The number of hydrogen-bond donors (Lipinski definition) is 3. The number of carboxylic acids is 1. The van der Waals surface area contributed by atoms with E-state index in [0.29, 0.717) is 38.7 Å². The normalized spacial score (nSPS) is 16.4. The smallest absolute Gasteiger partial charge is 0.408 e. The molecule has 0 saturated heterocycles. The Labute approximate surface area is 311 Å². The van der Waals surface area contributed by atoms with Crippen molar-refractivity contribution in [3.63, 3.8) is 0 Å². The molecule has 1 amide bonds. The van der Waals surface area contributed by atoms with Crippen LogP contribution in [-0.4, -0.2) is 49.3 Å². The van der Waals surface area contributed by atoms with Crippen LogP contribution in [0.25, 0.3) is 0 Å². The lowest BCUT2D eigenvalue weighted by Crippen LogP contribution is -2.53. The molecule has 3 aromatic carbocycles. The molecule has 0 radical (unpaired) electrons. The standard InChI is InChI=1S/C38H39Cl2N3O9/c1-37(2,3)52-36(46)41-34(23-10-7-6-8-11-23)25-12-9-13-26(16-25)50-22-38(42-31(21-51-38)35(44)45)28(18-27-29(39)19-43(47)20-30(27)40)24-14-15-32(48-4)33(17-24)49-5/h6-17,19-21,28,34,42H,18,22H2,1-5H3,(H,41,46)(H,44,45)/t28-,34-,38?/m0/s1. The van der Waals surface area contributed by atoms with Crippen LogP contribution in [0.3, 0.4) is 0 Å². The van der Waals surface area contributed by atoms with Crippen LogP contribution in [0.1, 0.15) is 55.0 Å². The van der Waals surface area contributed by atoms with Crippen molar-refractivity contribution in [1.29, 1.82) is 0 Å². The molecule has 274 valence electrons. The van der Waals surface area contributed by atoms with Crippen LogP contribution < -0.4 is 29.6 Å². The molecule has 1 aliphatic rings. The zero-order chi connectivity index (χ0) is 37.6. The number of hydrogen-bond acceptors (Lipinski definition) is 9. The molecule has 2 heterocycles. The minimum atomic E-state index is -1.56. The summed E-state index contributed by atoms with van der Waals surface area (Å²) >= 11 is 13.1. The van der Waals surface area contributed by atoms with Crippen molar-refractivity contribution >= 4 is 35.3 Å². The maximum atomic E-state index is 12.9. The van der Waals surface area contributed by atoms with E-state index in [2.05, 4.69) is 10.6 Å². The molecule has 5 rings (SSSR count). The molecule has 1 aliphatic heterocycles. The van der Waals surface area contributed by atoms with E-state index in [4.69, 9.17) is 46.9 Å². The van der Waals surface area contributed by atoms with Gasteiger partial charge in [-0.05, 0) is 68.1 Å². The lowest BCUT2D eigenvalue weighted by atomic mass is 9.83. The fourth-order valence-electron chi connectivity index (χ4n) is 5.85. The van der Waals surface area contributed by atoms with Gasteiger partial charge in [0.05, 0.1) is 26.2 Å². The first-order valence-corrected chi connectivity index (χ1v) is 16.9. The number of ether oxygens (including phenoxy) is 5. The number of benzene rings is 3. The van der Waals surface area contributed by atoms with Crippen molar-refractivity contribution in [2.75, 3.05) is 20.8 Å².